The van der Waals surface area contributed by atoms with Crippen LogP contribution in [-0.2, 0) is 11.8 Å². The highest BCUT2D eigenvalue weighted by Gasteiger charge is 2.51. The van der Waals surface area contributed by atoms with E-state index in [4.69, 9.17) is 0 Å². The van der Waals surface area contributed by atoms with E-state index in [1.807, 2.05) is 11.9 Å². The lowest BCUT2D eigenvalue weighted by Gasteiger charge is -2.35. The topological polar surface area (TPSA) is 58.4 Å². The Hall–Kier alpha value is -2.63. The number of benzene rings is 1. The number of imidazole rings is 1. The van der Waals surface area contributed by atoms with Crippen LogP contribution in [0.3, 0.4) is 0 Å². The molecule has 0 bridgehead atoms. The molecule has 1 aromatic heterocycles. The van der Waals surface area contributed by atoms with Crippen LogP contribution in [0.15, 0.2) is 36.7 Å². The monoisotopic (exact) mass is 392 g/mol. The number of hydrogen-bond donors (Lipinski definition) is 0. The third-order valence-electron chi connectivity index (χ3n) is 7.21. The van der Waals surface area contributed by atoms with Gasteiger partial charge < -0.3 is 14.4 Å². The Morgan fingerprint density at radius 1 is 1.10 bits per heavy atom. The van der Waals surface area contributed by atoms with E-state index in [9.17, 15) is 9.59 Å². The molecule has 29 heavy (non-hydrogen) atoms. The van der Waals surface area contributed by atoms with Crippen LogP contribution in [0.4, 0.5) is 0 Å². The maximum Gasteiger partial charge on any atom is 0.289 e. The van der Waals surface area contributed by atoms with Crippen LogP contribution in [0, 0.1) is 24.7 Å². The van der Waals surface area contributed by atoms with Crippen molar-refractivity contribution in [1.82, 2.24) is 19.4 Å². The first-order valence-corrected chi connectivity index (χ1v) is 10.7. The molecule has 3 fully saturated rings. The Morgan fingerprint density at radius 2 is 1.90 bits per heavy atom. The van der Waals surface area contributed by atoms with Gasteiger partial charge in [0, 0.05) is 56.8 Å². The number of amides is 2. The number of aromatic nitrogens is 2. The molecule has 1 aromatic carbocycles. The highest BCUT2D eigenvalue weighted by atomic mass is 16.2. The summed E-state index contributed by atoms with van der Waals surface area (Å²) in [5.74, 6) is 1.61. The van der Waals surface area contributed by atoms with Crippen molar-refractivity contribution in [3.05, 3.63) is 53.6 Å². The van der Waals surface area contributed by atoms with E-state index in [2.05, 4.69) is 41.1 Å². The molecule has 0 unspecified atom stereocenters. The molecule has 2 saturated heterocycles. The molecule has 6 heteroatoms. The van der Waals surface area contributed by atoms with Crippen LogP contribution >= 0.6 is 0 Å². The predicted octanol–water partition coefficient (Wildman–Crippen LogP) is 2.80. The van der Waals surface area contributed by atoms with Gasteiger partial charge in [0.2, 0.25) is 5.91 Å². The van der Waals surface area contributed by atoms with Gasteiger partial charge in [-0.2, -0.15) is 0 Å². The zero-order chi connectivity index (χ0) is 20.1. The number of carbonyl (C=O) groups is 2. The number of fused-ring (bicyclic) bond motifs is 1. The summed E-state index contributed by atoms with van der Waals surface area (Å²) in [6.07, 6.45) is 6.68. The Kier molecular flexibility index (Phi) is 4.45. The van der Waals surface area contributed by atoms with Gasteiger partial charge >= 0.3 is 0 Å². The summed E-state index contributed by atoms with van der Waals surface area (Å²) < 4.78 is 1.78. The number of carbonyl (C=O) groups excluding carboxylic acids is 2. The fraction of sp³-hybridized carbons (Fsp3) is 0.522. The standard InChI is InChI=1S/C23H28N4O2/c1-15-6-3-4-9-18(15)20-19-14-26(23(29)21-24-10-11-25(21)2)12-17(19)13-27(20)22(28)16-7-5-8-16/h3-4,6,9-11,16-17,19-20H,5,7-8,12-14H2,1-2H3/t17-,19-,20+/m0/s1. The first kappa shape index (κ1) is 18.4. The van der Waals surface area contributed by atoms with Crippen LogP contribution < -0.4 is 0 Å². The summed E-state index contributed by atoms with van der Waals surface area (Å²) in [4.78, 5) is 34.6. The first-order valence-electron chi connectivity index (χ1n) is 10.7. The molecule has 3 aliphatic rings. The molecular weight excluding hydrogens is 364 g/mol. The minimum absolute atomic E-state index is 0.00713. The second-order valence-corrected chi connectivity index (χ2v) is 8.92. The molecule has 1 saturated carbocycles. The second-order valence-electron chi connectivity index (χ2n) is 8.92. The molecule has 3 heterocycles. The minimum Gasteiger partial charge on any atom is -0.335 e. The summed E-state index contributed by atoms with van der Waals surface area (Å²) in [6.45, 7) is 4.26. The maximum atomic E-state index is 13.2. The van der Waals surface area contributed by atoms with Crippen molar-refractivity contribution in [1.29, 1.82) is 0 Å². The smallest absolute Gasteiger partial charge is 0.289 e. The van der Waals surface area contributed by atoms with Gasteiger partial charge in [0.05, 0.1) is 6.04 Å². The van der Waals surface area contributed by atoms with Crippen molar-refractivity contribution in [3.8, 4) is 0 Å². The van der Waals surface area contributed by atoms with E-state index >= 15 is 0 Å². The summed E-state index contributed by atoms with van der Waals surface area (Å²) in [5.41, 5.74) is 2.46. The molecular formula is C23H28N4O2. The van der Waals surface area contributed by atoms with Crippen LogP contribution in [0.2, 0.25) is 0 Å². The Morgan fingerprint density at radius 3 is 2.55 bits per heavy atom. The van der Waals surface area contributed by atoms with E-state index in [0.717, 1.165) is 25.8 Å². The molecule has 3 atom stereocenters. The van der Waals surface area contributed by atoms with Crippen molar-refractivity contribution >= 4 is 11.8 Å². The summed E-state index contributed by atoms with van der Waals surface area (Å²) in [5, 5.41) is 0. The maximum absolute atomic E-state index is 13.2. The van der Waals surface area contributed by atoms with E-state index in [0.29, 0.717) is 30.7 Å². The van der Waals surface area contributed by atoms with Gasteiger partial charge in [-0.1, -0.05) is 30.7 Å². The molecule has 0 radical (unpaired) electrons. The van der Waals surface area contributed by atoms with Crippen LogP contribution in [-0.4, -0.2) is 50.8 Å². The normalized spacial score (nSPS) is 26.5. The molecule has 152 valence electrons. The van der Waals surface area contributed by atoms with Gasteiger partial charge in [-0.25, -0.2) is 4.98 Å². The molecule has 2 aliphatic heterocycles. The molecule has 6 nitrogen and oxygen atoms in total. The van der Waals surface area contributed by atoms with Crippen molar-refractivity contribution in [2.24, 2.45) is 24.8 Å². The second kappa shape index (κ2) is 7.01. The number of likely N-dealkylation sites (tertiary alicyclic amines) is 2. The van der Waals surface area contributed by atoms with Gasteiger partial charge in [-0.15, -0.1) is 0 Å². The quantitative estimate of drug-likeness (QED) is 0.807. The molecule has 5 rings (SSSR count). The molecule has 1 aliphatic carbocycles. The third kappa shape index (κ3) is 2.96. The van der Waals surface area contributed by atoms with E-state index in [-0.39, 0.29) is 23.8 Å². The predicted molar refractivity (Wildman–Crippen MR) is 109 cm³/mol. The summed E-state index contributed by atoms with van der Waals surface area (Å²) >= 11 is 0. The van der Waals surface area contributed by atoms with Crippen molar-refractivity contribution in [2.45, 2.75) is 32.2 Å². The fourth-order valence-corrected chi connectivity index (χ4v) is 5.36. The van der Waals surface area contributed by atoms with Gasteiger partial charge in [0.15, 0.2) is 5.82 Å². The lowest BCUT2D eigenvalue weighted by Crippen LogP contribution is -2.42. The molecule has 0 N–H and O–H groups in total. The first-order chi connectivity index (χ1) is 14.0. The van der Waals surface area contributed by atoms with Crippen molar-refractivity contribution in [3.63, 3.8) is 0 Å². The average Bonchev–Trinajstić information content (AvgIpc) is 3.34. The molecule has 0 spiro atoms. The zero-order valence-corrected chi connectivity index (χ0v) is 17.1. The van der Waals surface area contributed by atoms with E-state index in [1.54, 1.807) is 17.0 Å². The largest absolute Gasteiger partial charge is 0.335 e. The van der Waals surface area contributed by atoms with E-state index in [1.165, 1.54) is 11.1 Å². The SMILES string of the molecule is Cc1ccccc1[C@@H]1[C@H]2CN(C(=O)c3nccn3C)C[C@H]2CN1C(=O)C1CCC1. The van der Waals surface area contributed by atoms with Crippen LogP contribution in [0.5, 0.6) is 0 Å². The number of hydrogen-bond acceptors (Lipinski definition) is 3. The third-order valence-corrected chi connectivity index (χ3v) is 7.21. The van der Waals surface area contributed by atoms with Gasteiger partial charge in [-0.3, -0.25) is 9.59 Å². The van der Waals surface area contributed by atoms with Crippen molar-refractivity contribution < 1.29 is 9.59 Å². The number of rotatable bonds is 3. The minimum atomic E-state index is -0.00713. The number of nitrogens with zero attached hydrogens (tertiary/aromatic N) is 4. The Balaban J connectivity index is 1.44. The highest BCUT2D eigenvalue weighted by Crippen LogP contribution is 2.47. The van der Waals surface area contributed by atoms with Crippen LogP contribution in [0.25, 0.3) is 0 Å². The Bertz CT molecular complexity index is 948. The van der Waals surface area contributed by atoms with E-state index < -0.39 is 0 Å². The average molecular weight is 393 g/mol. The highest BCUT2D eigenvalue weighted by molar-refractivity contribution is 5.91. The van der Waals surface area contributed by atoms with Gasteiger partial charge in [-0.05, 0) is 30.9 Å². The van der Waals surface area contributed by atoms with Crippen molar-refractivity contribution in [2.75, 3.05) is 19.6 Å². The molecule has 2 aromatic rings. The zero-order valence-electron chi connectivity index (χ0n) is 17.1. The molecule has 2 amide bonds. The van der Waals surface area contributed by atoms with Gasteiger partial charge in [0.1, 0.15) is 0 Å². The lowest BCUT2D eigenvalue weighted by atomic mass is 9.83. The number of aryl methyl sites for hydroxylation is 2. The Labute approximate surface area is 171 Å². The summed E-state index contributed by atoms with van der Waals surface area (Å²) in [6, 6.07) is 8.46. The summed E-state index contributed by atoms with van der Waals surface area (Å²) in [7, 11) is 1.85. The van der Waals surface area contributed by atoms with Crippen LogP contribution in [0.1, 0.15) is 47.1 Å². The fourth-order valence-electron chi connectivity index (χ4n) is 5.36. The lowest BCUT2D eigenvalue weighted by molar-refractivity contribution is -0.139. The van der Waals surface area contributed by atoms with Gasteiger partial charge in [0.25, 0.3) is 5.91 Å².